The van der Waals surface area contributed by atoms with Gasteiger partial charge in [0.1, 0.15) is 11.5 Å². The Hall–Kier alpha value is -1.96. The van der Waals surface area contributed by atoms with Gasteiger partial charge in [-0.05, 0) is 37.0 Å². The zero-order valence-corrected chi connectivity index (χ0v) is 9.85. The molecule has 0 heterocycles. The molecule has 2 N–H and O–H groups in total. The van der Waals surface area contributed by atoms with Gasteiger partial charge in [0.15, 0.2) is 0 Å². The van der Waals surface area contributed by atoms with Gasteiger partial charge in [-0.1, -0.05) is 36.4 Å². The highest BCUT2D eigenvalue weighted by Gasteiger charge is 2.09. The maximum atomic E-state index is 9.90. The molecule has 2 rings (SSSR count). The zero-order chi connectivity index (χ0) is 12.3. The molecule has 17 heavy (non-hydrogen) atoms. The van der Waals surface area contributed by atoms with Crippen LogP contribution < -0.4 is 0 Å². The number of phenols is 2. The Morgan fingerprint density at radius 2 is 1.59 bits per heavy atom. The quantitative estimate of drug-likeness (QED) is 0.847. The van der Waals surface area contributed by atoms with Crippen molar-refractivity contribution in [2.24, 2.45) is 0 Å². The van der Waals surface area contributed by atoms with E-state index in [1.54, 1.807) is 12.1 Å². The van der Waals surface area contributed by atoms with E-state index in [0.29, 0.717) is 12.0 Å². The molecule has 0 aliphatic rings. The van der Waals surface area contributed by atoms with Crippen molar-refractivity contribution in [1.29, 1.82) is 0 Å². The lowest BCUT2D eigenvalue weighted by molar-refractivity contribution is 0.435. The van der Waals surface area contributed by atoms with Gasteiger partial charge in [0.05, 0.1) is 0 Å². The first-order valence-electron chi connectivity index (χ1n) is 5.73. The van der Waals surface area contributed by atoms with E-state index in [4.69, 9.17) is 0 Å². The van der Waals surface area contributed by atoms with Crippen molar-refractivity contribution >= 4 is 0 Å². The number of benzene rings is 2. The predicted molar refractivity (Wildman–Crippen MR) is 68.4 cm³/mol. The zero-order valence-electron chi connectivity index (χ0n) is 9.85. The fourth-order valence-electron chi connectivity index (χ4n) is 1.90. The molecule has 0 aliphatic carbocycles. The topological polar surface area (TPSA) is 40.5 Å². The van der Waals surface area contributed by atoms with Gasteiger partial charge in [-0.3, -0.25) is 0 Å². The number of phenolic OH excluding ortho intramolecular Hbond substituents is 2. The molecular weight excluding hydrogens is 212 g/mol. The minimum Gasteiger partial charge on any atom is -0.508 e. The molecule has 0 bridgehead atoms. The number of rotatable bonds is 3. The van der Waals surface area contributed by atoms with Crippen LogP contribution in [0.1, 0.15) is 16.7 Å². The first-order chi connectivity index (χ1) is 8.18. The number of hydrogen-bond donors (Lipinski definition) is 2. The Morgan fingerprint density at radius 3 is 2.29 bits per heavy atom. The van der Waals surface area contributed by atoms with Crippen LogP contribution in [0.15, 0.2) is 42.5 Å². The van der Waals surface area contributed by atoms with E-state index in [0.717, 1.165) is 12.0 Å². The predicted octanol–water partition coefficient (Wildman–Crippen LogP) is 3.19. The van der Waals surface area contributed by atoms with Gasteiger partial charge >= 0.3 is 0 Å². The van der Waals surface area contributed by atoms with Gasteiger partial charge < -0.3 is 10.2 Å². The largest absolute Gasteiger partial charge is 0.508 e. The molecule has 88 valence electrons. The molecule has 0 fully saturated rings. The molecule has 0 aliphatic heterocycles. The molecule has 0 radical (unpaired) electrons. The van der Waals surface area contributed by atoms with Crippen molar-refractivity contribution in [1.82, 2.24) is 0 Å². The Morgan fingerprint density at radius 1 is 0.882 bits per heavy atom. The van der Waals surface area contributed by atoms with E-state index in [1.807, 2.05) is 37.3 Å². The third-order valence-corrected chi connectivity index (χ3v) is 2.97. The summed E-state index contributed by atoms with van der Waals surface area (Å²) < 4.78 is 0. The molecule has 2 aromatic rings. The average Bonchev–Trinajstić information content (AvgIpc) is 2.35. The molecule has 0 saturated carbocycles. The highest BCUT2D eigenvalue weighted by molar-refractivity contribution is 5.48. The highest BCUT2D eigenvalue weighted by atomic mass is 16.3. The van der Waals surface area contributed by atoms with Crippen LogP contribution in [0.4, 0.5) is 0 Å². The third kappa shape index (κ3) is 2.59. The molecule has 0 spiro atoms. The molecule has 2 nitrogen and oxygen atoms in total. The molecule has 0 atom stereocenters. The summed E-state index contributed by atoms with van der Waals surface area (Å²) in [5.74, 6) is 0.380. The van der Waals surface area contributed by atoms with Crippen molar-refractivity contribution in [2.45, 2.75) is 19.8 Å². The molecule has 0 unspecified atom stereocenters. The molecule has 2 heteroatoms. The maximum absolute atomic E-state index is 9.90. The average molecular weight is 228 g/mol. The summed E-state index contributed by atoms with van der Waals surface area (Å²) in [5, 5.41) is 19.6. The van der Waals surface area contributed by atoms with E-state index < -0.39 is 0 Å². The van der Waals surface area contributed by atoms with E-state index >= 15 is 0 Å². The second-order valence-electron chi connectivity index (χ2n) is 4.21. The summed E-state index contributed by atoms with van der Waals surface area (Å²) in [6.45, 7) is 1.83. The van der Waals surface area contributed by atoms with Crippen LogP contribution in [0.3, 0.4) is 0 Å². The van der Waals surface area contributed by atoms with E-state index in [1.165, 1.54) is 5.56 Å². The van der Waals surface area contributed by atoms with Crippen molar-refractivity contribution in [3.05, 3.63) is 59.2 Å². The first-order valence-corrected chi connectivity index (χ1v) is 5.73. The first kappa shape index (κ1) is 11.5. The lowest BCUT2D eigenvalue weighted by Gasteiger charge is -2.09. The molecular formula is C15H16O2. The number of aryl methyl sites for hydroxylation is 2. The van der Waals surface area contributed by atoms with Gasteiger partial charge in [0.25, 0.3) is 0 Å². The van der Waals surface area contributed by atoms with Gasteiger partial charge in [-0.2, -0.15) is 0 Å². The monoisotopic (exact) mass is 228 g/mol. The van der Waals surface area contributed by atoms with Crippen molar-refractivity contribution in [2.75, 3.05) is 0 Å². The standard InChI is InChI=1S/C15H16O2/c1-11-7-10-14(16)13(15(11)17)9-8-12-5-3-2-4-6-12/h2-7,10,16-17H,8-9H2,1H3. The van der Waals surface area contributed by atoms with Crippen LogP contribution in [-0.4, -0.2) is 10.2 Å². The summed E-state index contributed by atoms with van der Waals surface area (Å²) in [4.78, 5) is 0. The fourth-order valence-corrected chi connectivity index (χ4v) is 1.90. The van der Waals surface area contributed by atoms with E-state index in [2.05, 4.69) is 0 Å². The Bertz CT molecular complexity index is 504. The van der Waals surface area contributed by atoms with Gasteiger partial charge in [-0.15, -0.1) is 0 Å². The maximum Gasteiger partial charge on any atom is 0.125 e. The summed E-state index contributed by atoms with van der Waals surface area (Å²) in [6.07, 6.45) is 1.45. The summed E-state index contributed by atoms with van der Waals surface area (Å²) in [5.41, 5.74) is 2.63. The van der Waals surface area contributed by atoms with E-state index in [-0.39, 0.29) is 11.5 Å². The van der Waals surface area contributed by atoms with Crippen LogP contribution >= 0.6 is 0 Å². The summed E-state index contributed by atoms with van der Waals surface area (Å²) in [7, 11) is 0. The van der Waals surface area contributed by atoms with Crippen molar-refractivity contribution in [3.63, 3.8) is 0 Å². The molecule has 2 aromatic carbocycles. The van der Waals surface area contributed by atoms with Crippen LogP contribution in [0.5, 0.6) is 11.5 Å². The van der Waals surface area contributed by atoms with Crippen LogP contribution in [0.2, 0.25) is 0 Å². The highest BCUT2D eigenvalue weighted by Crippen LogP contribution is 2.31. The fraction of sp³-hybridized carbons (Fsp3) is 0.200. The van der Waals surface area contributed by atoms with E-state index in [9.17, 15) is 10.2 Å². The summed E-state index contributed by atoms with van der Waals surface area (Å²) in [6, 6.07) is 13.4. The number of hydrogen-bond acceptors (Lipinski definition) is 2. The molecule has 0 aromatic heterocycles. The molecule has 0 amide bonds. The van der Waals surface area contributed by atoms with Crippen LogP contribution in [0.25, 0.3) is 0 Å². The van der Waals surface area contributed by atoms with Gasteiger partial charge in [0, 0.05) is 5.56 Å². The lowest BCUT2D eigenvalue weighted by Crippen LogP contribution is -1.93. The van der Waals surface area contributed by atoms with Crippen molar-refractivity contribution in [3.8, 4) is 11.5 Å². The second kappa shape index (κ2) is 4.91. The Balaban J connectivity index is 2.17. The minimum atomic E-state index is 0.170. The third-order valence-electron chi connectivity index (χ3n) is 2.97. The SMILES string of the molecule is Cc1ccc(O)c(CCc2ccccc2)c1O. The summed E-state index contributed by atoms with van der Waals surface area (Å²) >= 11 is 0. The minimum absolute atomic E-state index is 0.170. The van der Waals surface area contributed by atoms with Crippen LogP contribution in [0, 0.1) is 6.92 Å². The van der Waals surface area contributed by atoms with Gasteiger partial charge in [0.2, 0.25) is 0 Å². The normalized spacial score (nSPS) is 10.4. The molecule has 0 saturated heterocycles. The smallest absolute Gasteiger partial charge is 0.125 e. The second-order valence-corrected chi connectivity index (χ2v) is 4.21. The Kier molecular flexibility index (Phi) is 3.33. The number of aromatic hydroxyl groups is 2. The lowest BCUT2D eigenvalue weighted by atomic mass is 10.0. The van der Waals surface area contributed by atoms with Crippen LogP contribution in [-0.2, 0) is 12.8 Å². The van der Waals surface area contributed by atoms with Gasteiger partial charge in [-0.25, -0.2) is 0 Å². The Labute approximate surface area is 101 Å². The van der Waals surface area contributed by atoms with Crippen molar-refractivity contribution < 1.29 is 10.2 Å².